The lowest BCUT2D eigenvalue weighted by molar-refractivity contribution is 0.458. The molecule has 0 saturated carbocycles. The van der Waals surface area contributed by atoms with E-state index in [0.717, 1.165) is 22.0 Å². The van der Waals surface area contributed by atoms with Gasteiger partial charge in [-0.2, -0.15) is 10.5 Å². The highest BCUT2D eigenvalue weighted by Crippen LogP contribution is 2.39. The van der Waals surface area contributed by atoms with Gasteiger partial charge in [-0.3, -0.25) is 0 Å². The van der Waals surface area contributed by atoms with Crippen molar-refractivity contribution in [2.45, 2.75) is 19.5 Å². The lowest BCUT2D eigenvalue weighted by atomic mass is 10.0. The molecule has 1 atom stereocenters. The third-order valence-corrected chi connectivity index (χ3v) is 5.26. The van der Waals surface area contributed by atoms with Gasteiger partial charge in [0.2, 0.25) is 5.66 Å². The van der Waals surface area contributed by atoms with Gasteiger partial charge in [0.25, 0.3) is 0 Å². The van der Waals surface area contributed by atoms with Crippen LogP contribution in [0.1, 0.15) is 21.1 Å². The highest BCUT2D eigenvalue weighted by atomic mass is 79.9. The third-order valence-electron chi connectivity index (χ3n) is 4.08. The van der Waals surface area contributed by atoms with Crippen molar-refractivity contribution < 1.29 is 0 Å². The van der Waals surface area contributed by atoms with Gasteiger partial charge in [0.1, 0.15) is 5.01 Å². The van der Waals surface area contributed by atoms with E-state index in [4.69, 9.17) is 4.98 Å². The van der Waals surface area contributed by atoms with Gasteiger partial charge >= 0.3 is 0 Å². The molecule has 1 aliphatic heterocycles. The number of benzene rings is 2. The molecule has 3 aromatic rings. The molecule has 0 bridgehead atoms. The topological polar surface area (TPSA) is 52.9 Å². The standard InChI is InChI=1S/C18H17N5S.BrH/c1-13-14(2)24-17(19-13)18(15-9-5-3-6-10-15)20-22-23(21-18)16-11-7-4-8-12-16;/h3-12,21H,1-2H3;1H. The zero-order valence-corrected chi connectivity index (χ0v) is 16.4. The molecular formula is C18H18BrN5S. The lowest BCUT2D eigenvalue weighted by Crippen LogP contribution is -2.45. The predicted molar refractivity (Wildman–Crippen MR) is 106 cm³/mol. The van der Waals surface area contributed by atoms with Gasteiger partial charge in [-0.15, -0.1) is 33.4 Å². The largest absolute Gasteiger partial charge is 0.242 e. The zero-order chi connectivity index (χ0) is 16.6. The van der Waals surface area contributed by atoms with Gasteiger partial charge in [0, 0.05) is 10.4 Å². The average molecular weight is 416 g/mol. The van der Waals surface area contributed by atoms with Gasteiger partial charge in [-0.05, 0) is 26.0 Å². The number of rotatable bonds is 3. The SMILES string of the molecule is Br.Cc1nc(C2(c3ccccc3)N=NN(c3ccccc3)N2)sc1C. The van der Waals surface area contributed by atoms with Crippen LogP contribution in [0.5, 0.6) is 0 Å². The Labute approximate surface area is 161 Å². The summed E-state index contributed by atoms with van der Waals surface area (Å²) in [5.41, 5.74) is 5.63. The molecule has 128 valence electrons. The lowest BCUT2D eigenvalue weighted by Gasteiger charge is -2.25. The van der Waals surface area contributed by atoms with Crippen LogP contribution in [0, 0.1) is 13.8 Å². The summed E-state index contributed by atoms with van der Waals surface area (Å²) < 4.78 is 0. The second-order valence-electron chi connectivity index (χ2n) is 5.69. The van der Waals surface area contributed by atoms with Crippen molar-refractivity contribution in [2.24, 2.45) is 10.3 Å². The van der Waals surface area contributed by atoms with E-state index < -0.39 is 5.66 Å². The number of nitrogens with one attached hydrogen (secondary N) is 1. The van der Waals surface area contributed by atoms with Crippen LogP contribution in [0.15, 0.2) is 71.0 Å². The maximum atomic E-state index is 4.74. The van der Waals surface area contributed by atoms with Crippen molar-refractivity contribution in [3.8, 4) is 0 Å². The molecule has 2 aromatic carbocycles. The Morgan fingerprint density at radius 2 is 1.60 bits per heavy atom. The molecule has 7 heteroatoms. The number of thiazole rings is 1. The number of hydrogen-bond acceptors (Lipinski definition) is 6. The number of aromatic nitrogens is 1. The van der Waals surface area contributed by atoms with Crippen LogP contribution in [0.3, 0.4) is 0 Å². The number of halogens is 1. The molecule has 0 spiro atoms. The van der Waals surface area contributed by atoms with Crippen LogP contribution in [-0.4, -0.2) is 4.98 Å². The Bertz CT molecular complexity index is 861. The highest BCUT2D eigenvalue weighted by Gasteiger charge is 2.43. The van der Waals surface area contributed by atoms with Gasteiger partial charge in [0.05, 0.1) is 11.4 Å². The summed E-state index contributed by atoms with van der Waals surface area (Å²) in [6.07, 6.45) is 0. The van der Waals surface area contributed by atoms with Crippen LogP contribution in [0.25, 0.3) is 0 Å². The summed E-state index contributed by atoms with van der Waals surface area (Å²) in [5, 5.41) is 11.6. The number of hydrazine groups is 1. The van der Waals surface area contributed by atoms with Crippen LogP contribution in [-0.2, 0) is 5.66 Å². The molecule has 0 saturated heterocycles. The molecule has 4 rings (SSSR count). The highest BCUT2D eigenvalue weighted by molar-refractivity contribution is 8.93. The number of para-hydroxylation sites is 1. The van der Waals surface area contributed by atoms with E-state index in [0.29, 0.717) is 0 Å². The number of nitrogens with zero attached hydrogens (tertiary/aromatic N) is 4. The fraction of sp³-hybridized carbons (Fsp3) is 0.167. The van der Waals surface area contributed by atoms with Gasteiger partial charge in [-0.1, -0.05) is 53.8 Å². The maximum absolute atomic E-state index is 4.74. The van der Waals surface area contributed by atoms with Gasteiger partial charge in [0.15, 0.2) is 0 Å². The molecule has 25 heavy (non-hydrogen) atoms. The molecule has 2 heterocycles. The number of hydrogen-bond donors (Lipinski definition) is 1. The zero-order valence-electron chi connectivity index (χ0n) is 13.9. The van der Waals surface area contributed by atoms with Crippen LogP contribution < -0.4 is 10.5 Å². The summed E-state index contributed by atoms with van der Waals surface area (Å²) >= 11 is 1.65. The minimum Gasteiger partial charge on any atom is -0.242 e. The summed E-state index contributed by atoms with van der Waals surface area (Å²) in [4.78, 5) is 5.93. The van der Waals surface area contributed by atoms with Crippen molar-refractivity contribution in [2.75, 3.05) is 5.12 Å². The summed E-state index contributed by atoms with van der Waals surface area (Å²) in [6.45, 7) is 4.10. The fourth-order valence-corrected chi connectivity index (χ4v) is 3.66. The normalized spacial score (nSPS) is 19.0. The van der Waals surface area contributed by atoms with Gasteiger partial charge in [-0.25, -0.2) is 4.98 Å². The molecule has 1 aliphatic rings. The Morgan fingerprint density at radius 3 is 2.20 bits per heavy atom. The molecule has 0 amide bonds. The Morgan fingerprint density at radius 1 is 0.960 bits per heavy atom. The van der Waals surface area contributed by atoms with E-state index in [-0.39, 0.29) is 17.0 Å². The second kappa shape index (κ2) is 7.03. The molecule has 0 fully saturated rings. The predicted octanol–water partition coefficient (Wildman–Crippen LogP) is 4.93. The molecule has 1 N–H and O–H groups in total. The molecular weight excluding hydrogens is 398 g/mol. The first-order chi connectivity index (χ1) is 11.7. The molecule has 0 aliphatic carbocycles. The quantitative estimate of drug-likeness (QED) is 0.659. The number of anilines is 1. The number of aryl methyl sites for hydroxylation is 2. The molecule has 5 nitrogen and oxygen atoms in total. The van der Waals surface area contributed by atoms with Crippen molar-refractivity contribution in [1.29, 1.82) is 0 Å². The summed E-state index contributed by atoms with van der Waals surface area (Å²) in [7, 11) is 0. The minimum atomic E-state index is -0.791. The van der Waals surface area contributed by atoms with E-state index in [1.807, 2.05) is 67.6 Å². The first-order valence-electron chi connectivity index (χ1n) is 7.75. The minimum absolute atomic E-state index is 0. The van der Waals surface area contributed by atoms with E-state index in [9.17, 15) is 0 Å². The van der Waals surface area contributed by atoms with E-state index in [1.165, 1.54) is 4.88 Å². The Kier molecular flexibility index (Phi) is 4.99. The maximum Gasteiger partial charge on any atom is 0.229 e. The van der Waals surface area contributed by atoms with Crippen LogP contribution in [0.4, 0.5) is 5.69 Å². The van der Waals surface area contributed by atoms with E-state index in [2.05, 4.69) is 22.7 Å². The van der Waals surface area contributed by atoms with Crippen molar-refractivity contribution >= 4 is 34.0 Å². The van der Waals surface area contributed by atoms with E-state index >= 15 is 0 Å². The van der Waals surface area contributed by atoms with Crippen molar-refractivity contribution in [1.82, 2.24) is 10.4 Å². The fourth-order valence-electron chi connectivity index (χ4n) is 2.64. The smallest absolute Gasteiger partial charge is 0.229 e. The first-order valence-corrected chi connectivity index (χ1v) is 8.56. The van der Waals surface area contributed by atoms with Gasteiger partial charge < -0.3 is 0 Å². The van der Waals surface area contributed by atoms with Crippen LogP contribution in [0.2, 0.25) is 0 Å². The van der Waals surface area contributed by atoms with Crippen molar-refractivity contribution in [3.05, 3.63) is 81.8 Å². The third kappa shape index (κ3) is 3.10. The van der Waals surface area contributed by atoms with Crippen LogP contribution >= 0.6 is 28.3 Å². The molecule has 0 radical (unpaired) electrons. The average Bonchev–Trinajstić information content (AvgIpc) is 3.22. The second-order valence-corrected chi connectivity index (χ2v) is 6.89. The molecule has 1 unspecified atom stereocenters. The Balaban J connectivity index is 0.00000182. The Hall–Kier alpha value is -2.09. The summed E-state index contributed by atoms with van der Waals surface area (Å²) in [5.74, 6) is 0. The molecule has 1 aromatic heterocycles. The first kappa shape index (κ1) is 17.7. The summed E-state index contributed by atoms with van der Waals surface area (Å²) in [6, 6.07) is 20.0. The van der Waals surface area contributed by atoms with Crippen molar-refractivity contribution in [3.63, 3.8) is 0 Å². The monoisotopic (exact) mass is 415 g/mol. The van der Waals surface area contributed by atoms with E-state index in [1.54, 1.807) is 16.5 Å².